The molecule has 0 unspecified atom stereocenters. The summed E-state index contributed by atoms with van der Waals surface area (Å²) in [4.78, 5) is 0. The standard InChI is InChI=1S/C11H12F3N/c12-8-4-9(11(14)10(13)5-8)7-2-1-3-15-6-7/h4-5,7,15H,1-3,6H2/t7-/m1/s1. The van der Waals surface area contributed by atoms with Crippen molar-refractivity contribution < 1.29 is 13.2 Å². The SMILES string of the molecule is Fc1cc(F)c(F)c([C@@H]2CCCNC2)c1. The molecule has 0 bridgehead atoms. The predicted octanol–water partition coefficient (Wildman–Crippen LogP) is 2.57. The first kappa shape index (κ1) is 10.5. The summed E-state index contributed by atoms with van der Waals surface area (Å²) in [5.74, 6) is -2.85. The van der Waals surface area contributed by atoms with Gasteiger partial charge in [0.25, 0.3) is 0 Å². The van der Waals surface area contributed by atoms with Crippen molar-refractivity contribution in [3.8, 4) is 0 Å². The first-order chi connectivity index (χ1) is 7.18. The molecule has 2 rings (SSSR count). The molecular weight excluding hydrogens is 203 g/mol. The van der Waals surface area contributed by atoms with Crippen LogP contribution in [0.5, 0.6) is 0 Å². The molecule has 1 atom stereocenters. The lowest BCUT2D eigenvalue weighted by molar-refractivity contribution is 0.425. The number of hydrogen-bond donors (Lipinski definition) is 1. The fraction of sp³-hybridized carbons (Fsp3) is 0.455. The van der Waals surface area contributed by atoms with Crippen LogP contribution in [0, 0.1) is 17.5 Å². The molecular formula is C11H12F3N. The zero-order valence-corrected chi connectivity index (χ0v) is 8.19. The summed E-state index contributed by atoms with van der Waals surface area (Å²) in [7, 11) is 0. The molecule has 1 fully saturated rings. The number of rotatable bonds is 1. The highest BCUT2D eigenvalue weighted by Crippen LogP contribution is 2.27. The molecule has 1 nitrogen and oxygen atoms in total. The Morgan fingerprint density at radius 1 is 1.20 bits per heavy atom. The maximum atomic E-state index is 13.4. The molecule has 0 spiro atoms. The minimum absolute atomic E-state index is 0.121. The van der Waals surface area contributed by atoms with E-state index in [2.05, 4.69) is 5.32 Å². The van der Waals surface area contributed by atoms with Gasteiger partial charge >= 0.3 is 0 Å². The molecule has 82 valence electrons. The van der Waals surface area contributed by atoms with Gasteiger partial charge in [0.15, 0.2) is 11.6 Å². The second kappa shape index (κ2) is 4.23. The van der Waals surface area contributed by atoms with Gasteiger partial charge < -0.3 is 5.32 Å². The molecule has 0 aromatic heterocycles. The van der Waals surface area contributed by atoms with Gasteiger partial charge in [0.2, 0.25) is 0 Å². The lowest BCUT2D eigenvalue weighted by Gasteiger charge is -2.23. The van der Waals surface area contributed by atoms with Gasteiger partial charge in [-0.2, -0.15) is 0 Å². The molecule has 1 aromatic rings. The normalized spacial score (nSPS) is 21.7. The van der Waals surface area contributed by atoms with Gasteiger partial charge in [-0.05, 0) is 36.9 Å². The Morgan fingerprint density at radius 2 is 2.00 bits per heavy atom. The summed E-state index contributed by atoms with van der Waals surface area (Å²) >= 11 is 0. The summed E-state index contributed by atoms with van der Waals surface area (Å²) in [5, 5.41) is 3.09. The number of hydrogen-bond acceptors (Lipinski definition) is 1. The van der Waals surface area contributed by atoms with E-state index in [0.29, 0.717) is 12.6 Å². The molecule has 0 saturated carbocycles. The zero-order chi connectivity index (χ0) is 10.8. The number of halogens is 3. The molecule has 1 aliphatic heterocycles. The summed E-state index contributed by atoms with van der Waals surface area (Å²) < 4.78 is 39.3. The van der Waals surface area contributed by atoms with Crippen LogP contribution in [0.2, 0.25) is 0 Å². The Morgan fingerprint density at radius 3 is 2.67 bits per heavy atom. The van der Waals surface area contributed by atoms with E-state index in [-0.39, 0.29) is 11.5 Å². The highest BCUT2D eigenvalue weighted by Gasteiger charge is 2.21. The quantitative estimate of drug-likeness (QED) is 0.710. The second-order valence-corrected chi connectivity index (χ2v) is 3.83. The van der Waals surface area contributed by atoms with Gasteiger partial charge in [-0.25, -0.2) is 13.2 Å². The smallest absolute Gasteiger partial charge is 0.162 e. The average Bonchev–Trinajstić information content (AvgIpc) is 2.24. The fourth-order valence-electron chi connectivity index (χ4n) is 1.99. The fourth-order valence-corrected chi connectivity index (χ4v) is 1.99. The van der Waals surface area contributed by atoms with Crippen LogP contribution in [-0.2, 0) is 0 Å². The monoisotopic (exact) mass is 215 g/mol. The zero-order valence-electron chi connectivity index (χ0n) is 8.19. The Balaban J connectivity index is 2.33. The van der Waals surface area contributed by atoms with Crippen LogP contribution in [0.4, 0.5) is 13.2 Å². The molecule has 1 saturated heterocycles. The number of nitrogens with one attached hydrogen (secondary N) is 1. The molecule has 0 radical (unpaired) electrons. The van der Waals surface area contributed by atoms with Gasteiger partial charge in [0.05, 0.1) is 0 Å². The van der Waals surface area contributed by atoms with E-state index in [9.17, 15) is 13.2 Å². The van der Waals surface area contributed by atoms with Gasteiger partial charge in [-0.15, -0.1) is 0 Å². The first-order valence-electron chi connectivity index (χ1n) is 5.03. The van der Waals surface area contributed by atoms with Gasteiger partial charge in [-0.3, -0.25) is 0 Å². The van der Waals surface area contributed by atoms with Gasteiger partial charge in [0, 0.05) is 12.6 Å². The van der Waals surface area contributed by atoms with Crippen molar-refractivity contribution in [3.63, 3.8) is 0 Å². The van der Waals surface area contributed by atoms with Gasteiger partial charge in [0.1, 0.15) is 5.82 Å². The molecule has 1 heterocycles. The van der Waals surface area contributed by atoms with Crippen LogP contribution in [0.1, 0.15) is 24.3 Å². The molecule has 0 amide bonds. The van der Waals surface area contributed by atoms with Crippen molar-refractivity contribution in [1.29, 1.82) is 0 Å². The lowest BCUT2D eigenvalue weighted by Crippen LogP contribution is -2.29. The van der Waals surface area contributed by atoms with Crippen LogP contribution < -0.4 is 5.32 Å². The molecule has 1 aliphatic rings. The second-order valence-electron chi connectivity index (χ2n) is 3.83. The highest BCUT2D eigenvalue weighted by atomic mass is 19.2. The van der Waals surface area contributed by atoms with Crippen molar-refractivity contribution >= 4 is 0 Å². The number of piperidine rings is 1. The van der Waals surface area contributed by atoms with E-state index in [0.717, 1.165) is 25.5 Å². The minimum atomic E-state index is -1.10. The largest absolute Gasteiger partial charge is 0.316 e. The highest BCUT2D eigenvalue weighted by molar-refractivity contribution is 5.24. The van der Waals surface area contributed by atoms with E-state index in [1.807, 2.05) is 0 Å². The van der Waals surface area contributed by atoms with E-state index in [1.165, 1.54) is 0 Å². The Labute approximate surface area is 86.3 Å². The topological polar surface area (TPSA) is 12.0 Å². The van der Waals surface area contributed by atoms with E-state index in [1.54, 1.807) is 0 Å². The third kappa shape index (κ3) is 2.15. The van der Waals surface area contributed by atoms with Crippen molar-refractivity contribution in [2.45, 2.75) is 18.8 Å². The molecule has 4 heteroatoms. The molecule has 0 aliphatic carbocycles. The maximum Gasteiger partial charge on any atom is 0.162 e. The van der Waals surface area contributed by atoms with Gasteiger partial charge in [-0.1, -0.05) is 0 Å². The van der Waals surface area contributed by atoms with Crippen LogP contribution in [0.3, 0.4) is 0 Å². The molecule has 1 aromatic carbocycles. The Hall–Kier alpha value is -1.03. The minimum Gasteiger partial charge on any atom is -0.316 e. The van der Waals surface area contributed by atoms with Crippen molar-refractivity contribution in [1.82, 2.24) is 5.32 Å². The first-order valence-corrected chi connectivity index (χ1v) is 5.03. The third-order valence-corrected chi connectivity index (χ3v) is 2.76. The van der Waals surface area contributed by atoms with Crippen molar-refractivity contribution in [2.75, 3.05) is 13.1 Å². The van der Waals surface area contributed by atoms with E-state index in [4.69, 9.17) is 0 Å². The molecule has 15 heavy (non-hydrogen) atoms. The summed E-state index contributed by atoms with van der Waals surface area (Å²) in [6.07, 6.45) is 1.68. The average molecular weight is 215 g/mol. The maximum absolute atomic E-state index is 13.4. The number of benzene rings is 1. The summed E-state index contributed by atoms with van der Waals surface area (Å²) in [6.45, 7) is 1.47. The summed E-state index contributed by atoms with van der Waals surface area (Å²) in [6, 6.07) is 1.67. The Kier molecular flexibility index (Phi) is 2.95. The Bertz CT molecular complexity index is 359. The van der Waals surface area contributed by atoms with Crippen molar-refractivity contribution in [2.24, 2.45) is 0 Å². The van der Waals surface area contributed by atoms with Crippen LogP contribution in [0.25, 0.3) is 0 Å². The van der Waals surface area contributed by atoms with Crippen LogP contribution >= 0.6 is 0 Å². The predicted molar refractivity (Wildman–Crippen MR) is 51.2 cm³/mol. The summed E-state index contributed by atoms with van der Waals surface area (Å²) in [5.41, 5.74) is 0.153. The van der Waals surface area contributed by atoms with Crippen LogP contribution in [-0.4, -0.2) is 13.1 Å². The third-order valence-electron chi connectivity index (χ3n) is 2.76. The van der Waals surface area contributed by atoms with Crippen LogP contribution in [0.15, 0.2) is 12.1 Å². The van der Waals surface area contributed by atoms with E-state index < -0.39 is 17.5 Å². The van der Waals surface area contributed by atoms with Crippen molar-refractivity contribution in [3.05, 3.63) is 35.1 Å². The van der Waals surface area contributed by atoms with E-state index >= 15 is 0 Å². The molecule has 1 N–H and O–H groups in total. The lowest BCUT2D eigenvalue weighted by atomic mass is 9.91.